The minimum atomic E-state index is -0.597. The number of amides is 1. The molecular weight excluding hydrogens is 452 g/mol. The number of piperidine rings is 1. The number of aromatic nitrogens is 1. The highest BCUT2D eigenvalue weighted by Gasteiger charge is 2.31. The molecule has 3 rings (SSSR count). The first-order chi connectivity index (χ1) is 15.9. The van der Waals surface area contributed by atoms with Crippen LogP contribution >= 0.6 is 11.6 Å². The van der Waals surface area contributed by atoms with Gasteiger partial charge in [0.15, 0.2) is 0 Å². The zero-order valence-electron chi connectivity index (χ0n) is 18.9. The number of carbonyl (C=O) groups is 2. The number of hydrogen-bond donors (Lipinski definition) is 3. The SMILES string of the molecule is CO[C@@H]1CN(CCOCC(=O)OC2CCCCC2)CC[C@@H]1NC(=O)c1cc(Cl)c(N)[nH]c1=O. The normalized spacial score (nSPS) is 22.1. The number of nitrogens with two attached hydrogens (primary N) is 1. The molecule has 1 aromatic heterocycles. The molecule has 0 bridgehead atoms. The zero-order valence-corrected chi connectivity index (χ0v) is 19.7. The average molecular weight is 485 g/mol. The Kier molecular flexibility index (Phi) is 9.54. The Morgan fingerprint density at radius 1 is 1.27 bits per heavy atom. The molecule has 0 spiro atoms. The van der Waals surface area contributed by atoms with Crippen molar-refractivity contribution in [1.82, 2.24) is 15.2 Å². The van der Waals surface area contributed by atoms with Crippen LogP contribution in [0.25, 0.3) is 0 Å². The van der Waals surface area contributed by atoms with Crippen LogP contribution < -0.4 is 16.6 Å². The number of nitrogens with one attached hydrogen (secondary N) is 2. The van der Waals surface area contributed by atoms with Gasteiger partial charge in [-0.3, -0.25) is 14.5 Å². The molecule has 1 saturated heterocycles. The summed E-state index contributed by atoms with van der Waals surface area (Å²) in [6.45, 7) is 2.27. The number of hydrogen-bond acceptors (Lipinski definition) is 8. The van der Waals surface area contributed by atoms with Gasteiger partial charge in [0.1, 0.15) is 24.1 Å². The molecule has 0 unspecified atom stereocenters. The van der Waals surface area contributed by atoms with Gasteiger partial charge < -0.3 is 30.2 Å². The molecule has 1 aliphatic carbocycles. The quantitative estimate of drug-likeness (QED) is 0.352. The van der Waals surface area contributed by atoms with Gasteiger partial charge in [0.25, 0.3) is 11.5 Å². The summed E-state index contributed by atoms with van der Waals surface area (Å²) in [6, 6.07) is 0.999. The number of methoxy groups -OCH3 is 1. The molecule has 184 valence electrons. The second kappa shape index (κ2) is 12.4. The highest BCUT2D eigenvalue weighted by molar-refractivity contribution is 6.33. The summed E-state index contributed by atoms with van der Waals surface area (Å²) < 4.78 is 16.5. The second-order valence-electron chi connectivity index (χ2n) is 8.52. The molecule has 2 heterocycles. The summed E-state index contributed by atoms with van der Waals surface area (Å²) >= 11 is 5.93. The number of carbonyl (C=O) groups excluding carboxylic acids is 2. The van der Waals surface area contributed by atoms with Crippen molar-refractivity contribution in [2.75, 3.05) is 45.7 Å². The number of H-pyrrole nitrogens is 1. The fraction of sp³-hybridized carbons (Fsp3) is 0.682. The number of nitrogens with zero attached hydrogens (tertiary/aromatic N) is 1. The number of aromatic amines is 1. The van der Waals surface area contributed by atoms with Crippen LogP contribution in [-0.4, -0.2) is 80.0 Å². The molecule has 1 aromatic rings. The summed E-state index contributed by atoms with van der Waals surface area (Å²) in [6.07, 6.45) is 5.72. The van der Waals surface area contributed by atoms with Crippen molar-refractivity contribution < 1.29 is 23.8 Å². The summed E-state index contributed by atoms with van der Waals surface area (Å²) in [5, 5.41) is 2.97. The third kappa shape index (κ3) is 7.43. The second-order valence-corrected chi connectivity index (χ2v) is 8.93. The van der Waals surface area contributed by atoms with E-state index in [9.17, 15) is 14.4 Å². The van der Waals surface area contributed by atoms with Gasteiger partial charge in [0.2, 0.25) is 0 Å². The van der Waals surface area contributed by atoms with E-state index in [2.05, 4.69) is 15.2 Å². The first-order valence-corrected chi connectivity index (χ1v) is 11.8. The Morgan fingerprint density at radius 2 is 2.03 bits per heavy atom. The maximum Gasteiger partial charge on any atom is 0.332 e. The van der Waals surface area contributed by atoms with Gasteiger partial charge in [-0.25, -0.2) is 4.79 Å². The molecule has 10 nitrogen and oxygen atoms in total. The molecule has 1 saturated carbocycles. The van der Waals surface area contributed by atoms with Crippen LogP contribution in [-0.2, 0) is 19.0 Å². The van der Waals surface area contributed by atoms with Gasteiger partial charge >= 0.3 is 5.97 Å². The van der Waals surface area contributed by atoms with Crippen LogP contribution in [0.1, 0.15) is 48.9 Å². The molecule has 1 amide bonds. The van der Waals surface area contributed by atoms with Gasteiger partial charge in [-0.05, 0) is 38.2 Å². The molecule has 0 aromatic carbocycles. The van der Waals surface area contributed by atoms with Gasteiger partial charge in [-0.1, -0.05) is 18.0 Å². The summed E-state index contributed by atoms with van der Waals surface area (Å²) in [5.41, 5.74) is 4.87. The van der Waals surface area contributed by atoms with Crippen molar-refractivity contribution in [2.24, 2.45) is 0 Å². The van der Waals surface area contributed by atoms with E-state index in [1.165, 1.54) is 12.5 Å². The number of anilines is 1. The van der Waals surface area contributed by atoms with E-state index in [4.69, 9.17) is 31.5 Å². The number of rotatable bonds is 9. The van der Waals surface area contributed by atoms with Gasteiger partial charge in [0, 0.05) is 26.7 Å². The largest absolute Gasteiger partial charge is 0.461 e. The van der Waals surface area contributed by atoms with Crippen molar-refractivity contribution in [2.45, 2.75) is 56.8 Å². The van der Waals surface area contributed by atoms with Crippen LogP contribution in [0.5, 0.6) is 0 Å². The third-order valence-corrected chi connectivity index (χ3v) is 6.46. The van der Waals surface area contributed by atoms with Gasteiger partial charge in [0.05, 0.1) is 23.8 Å². The topological polar surface area (TPSA) is 136 Å². The highest BCUT2D eigenvalue weighted by Crippen LogP contribution is 2.20. The Morgan fingerprint density at radius 3 is 2.76 bits per heavy atom. The predicted molar refractivity (Wildman–Crippen MR) is 123 cm³/mol. The zero-order chi connectivity index (χ0) is 23.8. The van der Waals surface area contributed by atoms with E-state index >= 15 is 0 Å². The van der Waals surface area contributed by atoms with Crippen LogP contribution in [0.15, 0.2) is 10.9 Å². The Labute approximate surface area is 198 Å². The lowest BCUT2D eigenvalue weighted by Crippen LogP contribution is -2.55. The van der Waals surface area contributed by atoms with Gasteiger partial charge in [-0.15, -0.1) is 0 Å². The van der Waals surface area contributed by atoms with Crippen LogP contribution in [0.4, 0.5) is 5.82 Å². The summed E-state index contributed by atoms with van der Waals surface area (Å²) in [5.74, 6) is -0.819. The van der Waals surface area contributed by atoms with Crippen molar-refractivity contribution in [1.29, 1.82) is 0 Å². The molecule has 0 radical (unpaired) electrons. The minimum Gasteiger partial charge on any atom is -0.461 e. The maximum absolute atomic E-state index is 12.6. The Balaban J connectivity index is 1.40. The molecule has 1 aliphatic heterocycles. The molecule has 4 N–H and O–H groups in total. The highest BCUT2D eigenvalue weighted by atomic mass is 35.5. The maximum atomic E-state index is 12.6. The molecule has 2 aliphatic rings. The minimum absolute atomic E-state index is 0.0192. The van der Waals surface area contributed by atoms with E-state index in [-0.39, 0.29) is 47.2 Å². The number of likely N-dealkylation sites (tertiary alicyclic amines) is 1. The van der Waals surface area contributed by atoms with Gasteiger partial charge in [-0.2, -0.15) is 0 Å². The fourth-order valence-corrected chi connectivity index (χ4v) is 4.43. The Hall–Kier alpha value is -2.14. The number of halogens is 1. The molecule has 33 heavy (non-hydrogen) atoms. The van der Waals surface area contributed by atoms with Crippen molar-refractivity contribution >= 4 is 29.3 Å². The molecule has 11 heteroatoms. The number of pyridine rings is 1. The van der Waals surface area contributed by atoms with E-state index in [0.717, 1.165) is 25.7 Å². The smallest absolute Gasteiger partial charge is 0.332 e. The third-order valence-electron chi connectivity index (χ3n) is 6.15. The molecule has 2 fully saturated rings. The van der Waals surface area contributed by atoms with Crippen molar-refractivity contribution in [3.63, 3.8) is 0 Å². The number of ether oxygens (including phenoxy) is 3. The first-order valence-electron chi connectivity index (χ1n) is 11.4. The lowest BCUT2D eigenvalue weighted by Gasteiger charge is -2.38. The average Bonchev–Trinajstić information content (AvgIpc) is 2.80. The number of esters is 1. The van der Waals surface area contributed by atoms with Crippen LogP contribution in [0.2, 0.25) is 5.02 Å². The number of nitrogen functional groups attached to an aromatic ring is 1. The standard InChI is InChI=1S/C22H33ClN4O6/c1-31-18-12-27(9-10-32-13-19(28)33-14-5-3-2-4-6-14)8-7-17(18)25-21(29)15-11-16(23)20(24)26-22(15)30/h11,14,17-18H,2-10,12-13H2,1H3,(H,25,29)(H3,24,26,30)/t17-,18+/m0/s1. The summed E-state index contributed by atoms with van der Waals surface area (Å²) in [7, 11) is 1.58. The first kappa shape index (κ1) is 25.5. The van der Waals surface area contributed by atoms with E-state index < -0.39 is 11.5 Å². The van der Waals surface area contributed by atoms with E-state index in [1.807, 2.05) is 0 Å². The molecular formula is C22H33ClN4O6. The predicted octanol–water partition coefficient (Wildman–Crippen LogP) is 1.32. The monoisotopic (exact) mass is 484 g/mol. The van der Waals surface area contributed by atoms with E-state index in [0.29, 0.717) is 32.7 Å². The van der Waals surface area contributed by atoms with Crippen LogP contribution in [0.3, 0.4) is 0 Å². The van der Waals surface area contributed by atoms with Crippen molar-refractivity contribution in [3.8, 4) is 0 Å². The van der Waals surface area contributed by atoms with E-state index in [1.54, 1.807) is 7.11 Å². The lowest BCUT2D eigenvalue weighted by atomic mass is 9.98. The summed E-state index contributed by atoms with van der Waals surface area (Å²) in [4.78, 5) is 41.1. The van der Waals surface area contributed by atoms with Crippen LogP contribution in [0, 0.1) is 0 Å². The molecule has 2 atom stereocenters. The van der Waals surface area contributed by atoms with Crippen molar-refractivity contribution in [3.05, 3.63) is 27.0 Å². The Bertz CT molecular complexity index is 873. The fourth-order valence-electron chi connectivity index (χ4n) is 4.27. The lowest BCUT2D eigenvalue weighted by molar-refractivity contribution is -0.156.